The fourth-order valence-corrected chi connectivity index (χ4v) is 4.30. The van der Waals surface area contributed by atoms with Crippen LogP contribution >= 0.6 is 23.4 Å². The van der Waals surface area contributed by atoms with Crippen LogP contribution in [0.2, 0.25) is 5.02 Å². The molecule has 1 aliphatic rings. The number of carbonyl (C=O) groups excluding carboxylic acids is 2. The number of ether oxygens (including phenoxy) is 2. The van der Waals surface area contributed by atoms with E-state index in [1.807, 2.05) is 6.92 Å². The predicted molar refractivity (Wildman–Crippen MR) is 120 cm³/mol. The molecule has 3 rings (SSSR count). The first kappa shape index (κ1) is 22.0. The lowest BCUT2D eigenvalue weighted by Gasteiger charge is -2.31. The summed E-state index contributed by atoms with van der Waals surface area (Å²) in [5.41, 5.74) is 1.21. The molecule has 0 aromatic heterocycles. The Morgan fingerprint density at radius 3 is 2.57 bits per heavy atom. The summed E-state index contributed by atoms with van der Waals surface area (Å²) in [5.74, 6) is 0.831. The van der Waals surface area contributed by atoms with E-state index in [4.69, 9.17) is 21.1 Å². The van der Waals surface area contributed by atoms with Gasteiger partial charge in [0.05, 0.1) is 24.9 Å². The first-order chi connectivity index (χ1) is 14.4. The number of halogens is 1. The number of rotatable bonds is 6. The highest BCUT2D eigenvalue weighted by Crippen LogP contribution is 2.33. The van der Waals surface area contributed by atoms with Crippen molar-refractivity contribution in [2.45, 2.75) is 18.6 Å². The van der Waals surface area contributed by atoms with Crippen molar-refractivity contribution in [2.24, 2.45) is 4.99 Å². The molecule has 0 aliphatic carbocycles. The van der Waals surface area contributed by atoms with Crippen LogP contribution in [0.15, 0.2) is 47.5 Å². The molecule has 0 radical (unpaired) electrons. The summed E-state index contributed by atoms with van der Waals surface area (Å²) in [7, 11) is 3.11. The number of nitrogens with one attached hydrogen (secondary N) is 1. The van der Waals surface area contributed by atoms with Crippen LogP contribution in [0.1, 0.15) is 13.3 Å². The molecule has 30 heavy (non-hydrogen) atoms. The van der Waals surface area contributed by atoms with Gasteiger partial charge in [0.2, 0.25) is 11.8 Å². The van der Waals surface area contributed by atoms with Crippen LogP contribution in [0, 0.1) is 0 Å². The molecule has 2 amide bonds. The van der Waals surface area contributed by atoms with Crippen molar-refractivity contribution in [1.82, 2.24) is 4.90 Å². The maximum absolute atomic E-state index is 12.8. The Hall–Kier alpha value is -2.71. The number of amidine groups is 1. The summed E-state index contributed by atoms with van der Waals surface area (Å²) in [5, 5.41) is 3.14. The molecule has 0 spiro atoms. The molecule has 1 saturated heterocycles. The number of nitrogens with zero attached hydrogens (tertiary/aromatic N) is 2. The van der Waals surface area contributed by atoms with Gasteiger partial charge < -0.3 is 14.8 Å². The van der Waals surface area contributed by atoms with Gasteiger partial charge >= 0.3 is 0 Å². The summed E-state index contributed by atoms with van der Waals surface area (Å²) in [4.78, 5) is 31.5. The molecular formula is C21H22ClN3O4S. The van der Waals surface area contributed by atoms with E-state index in [9.17, 15) is 9.59 Å². The van der Waals surface area contributed by atoms with Gasteiger partial charge in [-0.05, 0) is 49.4 Å². The van der Waals surface area contributed by atoms with Crippen LogP contribution in [0.25, 0.3) is 0 Å². The number of carbonyl (C=O) groups is 2. The second-order valence-electron chi connectivity index (χ2n) is 6.38. The van der Waals surface area contributed by atoms with Gasteiger partial charge in [0, 0.05) is 18.7 Å². The van der Waals surface area contributed by atoms with Gasteiger partial charge in [0.25, 0.3) is 0 Å². The molecule has 1 fully saturated rings. The van der Waals surface area contributed by atoms with Gasteiger partial charge in [0.1, 0.15) is 16.7 Å². The zero-order valence-electron chi connectivity index (χ0n) is 16.8. The number of anilines is 1. The minimum absolute atomic E-state index is 0.100. The second kappa shape index (κ2) is 9.86. The lowest BCUT2D eigenvalue weighted by Crippen LogP contribution is -2.45. The number of hydrogen-bond donors (Lipinski definition) is 1. The van der Waals surface area contributed by atoms with Crippen LogP contribution in [0.4, 0.5) is 11.4 Å². The van der Waals surface area contributed by atoms with Crippen molar-refractivity contribution in [1.29, 1.82) is 0 Å². The van der Waals surface area contributed by atoms with E-state index in [2.05, 4.69) is 10.3 Å². The van der Waals surface area contributed by atoms with E-state index in [0.29, 0.717) is 39.6 Å². The fraction of sp³-hybridized carbons (Fsp3) is 0.286. The van der Waals surface area contributed by atoms with Gasteiger partial charge in [-0.25, -0.2) is 4.99 Å². The lowest BCUT2D eigenvalue weighted by atomic mass is 10.2. The van der Waals surface area contributed by atoms with Crippen LogP contribution in [0.3, 0.4) is 0 Å². The Labute approximate surface area is 184 Å². The quantitative estimate of drug-likeness (QED) is 0.712. The van der Waals surface area contributed by atoms with Crippen molar-refractivity contribution in [3.05, 3.63) is 47.5 Å². The highest BCUT2D eigenvalue weighted by molar-refractivity contribution is 8.15. The minimum atomic E-state index is -0.588. The van der Waals surface area contributed by atoms with Crippen LogP contribution in [-0.2, 0) is 9.59 Å². The summed E-state index contributed by atoms with van der Waals surface area (Å²) < 4.78 is 10.3. The Bertz CT molecular complexity index is 965. The molecule has 1 unspecified atom stereocenters. The molecule has 2 aromatic rings. The highest BCUT2D eigenvalue weighted by atomic mass is 35.5. The minimum Gasteiger partial charge on any atom is -0.497 e. The lowest BCUT2D eigenvalue weighted by molar-refractivity contribution is -0.129. The van der Waals surface area contributed by atoms with E-state index < -0.39 is 5.25 Å². The summed E-state index contributed by atoms with van der Waals surface area (Å²) in [6.45, 7) is 2.33. The van der Waals surface area contributed by atoms with E-state index in [1.54, 1.807) is 54.5 Å². The molecule has 1 heterocycles. The Kier molecular flexibility index (Phi) is 7.23. The molecule has 1 atom stereocenters. The first-order valence-corrected chi connectivity index (χ1v) is 10.5. The summed E-state index contributed by atoms with van der Waals surface area (Å²) in [6, 6.07) is 12.1. The Morgan fingerprint density at radius 1 is 1.23 bits per heavy atom. The van der Waals surface area contributed by atoms with Crippen LogP contribution in [0.5, 0.6) is 11.5 Å². The molecule has 0 bridgehead atoms. The zero-order valence-corrected chi connectivity index (χ0v) is 18.4. The van der Waals surface area contributed by atoms with Gasteiger partial charge in [0.15, 0.2) is 5.17 Å². The molecular weight excluding hydrogens is 426 g/mol. The fourth-order valence-electron chi connectivity index (χ4n) is 2.88. The Balaban J connectivity index is 1.80. The SMILES string of the molecule is CCN1C(=O)CC(C(=O)Nc2ccc(OC)cc2)SC1=Nc1ccc(OC)c(Cl)c1. The number of thioether (sulfide) groups is 1. The molecule has 1 N–H and O–H groups in total. The molecule has 9 heteroatoms. The van der Waals surface area contributed by atoms with Crippen molar-refractivity contribution < 1.29 is 19.1 Å². The first-order valence-electron chi connectivity index (χ1n) is 9.29. The smallest absolute Gasteiger partial charge is 0.238 e. The predicted octanol–water partition coefficient (Wildman–Crippen LogP) is 4.34. The van der Waals surface area contributed by atoms with E-state index in [1.165, 1.54) is 18.9 Å². The van der Waals surface area contributed by atoms with E-state index in [0.717, 1.165) is 0 Å². The second-order valence-corrected chi connectivity index (χ2v) is 7.96. The number of amides is 2. The zero-order chi connectivity index (χ0) is 21.7. The normalized spacial score (nSPS) is 17.7. The van der Waals surface area contributed by atoms with Gasteiger partial charge in [-0.3, -0.25) is 14.5 Å². The van der Waals surface area contributed by atoms with Gasteiger partial charge in [-0.1, -0.05) is 23.4 Å². The van der Waals surface area contributed by atoms with Crippen molar-refractivity contribution >= 4 is 51.7 Å². The average Bonchev–Trinajstić information content (AvgIpc) is 2.74. The monoisotopic (exact) mass is 447 g/mol. The third-order valence-electron chi connectivity index (χ3n) is 4.47. The van der Waals surface area contributed by atoms with Crippen molar-refractivity contribution in [2.75, 3.05) is 26.1 Å². The topological polar surface area (TPSA) is 80.2 Å². The highest BCUT2D eigenvalue weighted by Gasteiger charge is 2.35. The molecule has 158 valence electrons. The average molecular weight is 448 g/mol. The largest absolute Gasteiger partial charge is 0.497 e. The summed E-state index contributed by atoms with van der Waals surface area (Å²) in [6.07, 6.45) is 0.100. The van der Waals surface area contributed by atoms with Crippen molar-refractivity contribution in [3.8, 4) is 11.5 Å². The third kappa shape index (κ3) is 5.06. The maximum atomic E-state index is 12.8. The van der Waals surface area contributed by atoms with Crippen molar-refractivity contribution in [3.63, 3.8) is 0 Å². The van der Waals surface area contributed by atoms with Gasteiger partial charge in [-0.15, -0.1) is 0 Å². The number of aliphatic imine (C=N–C) groups is 1. The molecule has 0 saturated carbocycles. The molecule has 2 aromatic carbocycles. The number of benzene rings is 2. The van der Waals surface area contributed by atoms with Gasteiger partial charge in [-0.2, -0.15) is 0 Å². The standard InChI is InChI=1S/C21H22ClN3O4S/c1-4-25-19(26)12-18(20(27)23-13-5-8-15(28-2)9-6-13)30-21(25)24-14-7-10-17(29-3)16(22)11-14/h5-11,18H,4,12H2,1-3H3,(H,23,27). The number of hydrogen-bond acceptors (Lipinski definition) is 6. The third-order valence-corrected chi connectivity index (χ3v) is 5.95. The molecule has 1 aliphatic heterocycles. The van der Waals surface area contributed by atoms with E-state index in [-0.39, 0.29) is 18.2 Å². The van der Waals surface area contributed by atoms with E-state index >= 15 is 0 Å². The summed E-state index contributed by atoms with van der Waals surface area (Å²) >= 11 is 7.44. The Morgan fingerprint density at radius 2 is 1.97 bits per heavy atom. The maximum Gasteiger partial charge on any atom is 0.238 e. The van der Waals surface area contributed by atoms with Crippen LogP contribution in [-0.4, -0.2) is 47.9 Å². The molecule has 7 nitrogen and oxygen atoms in total. The number of methoxy groups -OCH3 is 2. The van der Waals surface area contributed by atoms with Crippen LogP contribution < -0.4 is 14.8 Å².